The first-order valence-electron chi connectivity index (χ1n) is 12.2. The first-order chi connectivity index (χ1) is 21.3. The molecule has 0 aromatic carbocycles. The molecule has 0 aliphatic heterocycles. The Balaban J connectivity index is 1.56. The Kier molecular flexibility index (Phi) is 9.24. The summed E-state index contributed by atoms with van der Waals surface area (Å²) >= 11 is 14.9. The van der Waals surface area contributed by atoms with Crippen molar-refractivity contribution in [3.8, 4) is 24.3 Å². The number of nitrogens with two attached hydrogens (primary N) is 1. The van der Waals surface area contributed by atoms with Gasteiger partial charge in [-0.3, -0.25) is 5.41 Å². The third kappa shape index (κ3) is 5.87. The fraction of sp³-hybridized carbons (Fsp3) is 0. The summed E-state index contributed by atoms with van der Waals surface area (Å²) in [6.45, 7) is 0. The molecule has 44 heavy (non-hydrogen) atoms. The largest absolute Gasteiger partial charge is 0.396 e. The summed E-state index contributed by atoms with van der Waals surface area (Å²) in [5.41, 5.74) is 8.71. The molecular weight excluding hydrogens is 665 g/mol. The minimum atomic E-state index is 0.0653. The van der Waals surface area contributed by atoms with Crippen LogP contribution in [0.15, 0.2) is 68.7 Å². The van der Waals surface area contributed by atoms with Crippen molar-refractivity contribution in [2.45, 2.75) is 0 Å². The minimum absolute atomic E-state index is 0.0653. The highest BCUT2D eigenvalue weighted by atomic mass is 32.1. The number of nitrogens with zero attached hydrogens (tertiary/aromatic N) is 6. The van der Waals surface area contributed by atoms with Crippen molar-refractivity contribution in [1.82, 2.24) is 0 Å². The molecule has 4 aromatic rings. The number of allylic oxidation sites excluding steroid dienone is 2. The van der Waals surface area contributed by atoms with Gasteiger partial charge < -0.3 is 5.73 Å². The molecule has 0 bridgehead atoms. The maximum atomic E-state index is 9.15. The van der Waals surface area contributed by atoms with Gasteiger partial charge in [-0.15, -0.1) is 45.3 Å². The van der Waals surface area contributed by atoms with Gasteiger partial charge in [0.2, 0.25) is 0 Å². The summed E-state index contributed by atoms with van der Waals surface area (Å²) < 4.78 is 11.2. The van der Waals surface area contributed by atoms with Crippen molar-refractivity contribution >= 4 is 116 Å². The zero-order valence-electron chi connectivity index (χ0n) is 22.0. The number of thiophene rings is 4. The number of rotatable bonds is 5. The molecule has 4 aromatic heterocycles. The first kappa shape index (κ1) is 30.7. The van der Waals surface area contributed by atoms with Crippen LogP contribution in [0.5, 0.6) is 0 Å². The van der Waals surface area contributed by atoms with Gasteiger partial charge >= 0.3 is 0 Å². The molecule has 5 rings (SSSR count). The molecule has 4 heterocycles. The SMILES string of the molecule is N#CC(C#N)=c1cc/c(=C/c2ccc(C3=C(N)C(N=S)=C(c4ccc(/C=c5/ccc(=C(C#N)C#N)s5)s4)C(=N)C3=NS)s2)s1. The Morgan fingerprint density at radius 1 is 0.750 bits per heavy atom. The monoisotopic (exact) mass is 678 g/mol. The highest BCUT2D eigenvalue weighted by molar-refractivity contribution is 7.79. The van der Waals surface area contributed by atoms with Crippen LogP contribution in [-0.2, 0) is 12.4 Å². The Labute approximate surface area is 277 Å². The lowest BCUT2D eigenvalue weighted by Crippen LogP contribution is -2.26. The van der Waals surface area contributed by atoms with Crippen LogP contribution in [0.25, 0.3) is 34.4 Å². The van der Waals surface area contributed by atoms with Gasteiger partial charge in [-0.05, 0) is 73.5 Å². The average Bonchev–Trinajstić information content (AvgIpc) is 3.85. The van der Waals surface area contributed by atoms with Gasteiger partial charge in [0.25, 0.3) is 0 Å². The molecule has 0 amide bonds. The van der Waals surface area contributed by atoms with E-state index in [0.29, 0.717) is 25.9 Å². The van der Waals surface area contributed by atoms with Crippen LogP contribution in [0.2, 0.25) is 0 Å². The summed E-state index contributed by atoms with van der Waals surface area (Å²) in [7, 11) is 0. The maximum absolute atomic E-state index is 9.15. The van der Waals surface area contributed by atoms with Crippen LogP contribution in [0.3, 0.4) is 0 Å². The number of hydrogen-bond donors (Lipinski definition) is 3. The van der Waals surface area contributed by atoms with Gasteiger partial charge in [-0.25, -0.2) is 4.40 Å². The van der Waals surface area contributed by atoms with E-state index in [2.05, 4.69) is 21.6 Å². The van der Waals surface area contributed by atoms with Gasteiger partial charge in [0, 0.05) is 52.1 Å². The van der Waals surface area contributed by atoms with Crippen molar-refractivity contribution in [2.24, 2.45) is 14.5 Å². The van der Waals surface area contributed by atoms with Crippen LogP contribution in [0.1, 0.15) is 19.5 Å². The van der Waals surface area contributed by atoms with Gasteiger partial charge in [0.15, 0.2) is 0 Å². The molecule has 210 valence electrons. The first-order valence-corrected chi connectivity index (χ1v) is 16.2. The standard InChI is InChI=1S/C30H14N8S6/c31-11-15(12-32)21-5-1-17(41-21)9-19-3-7-23(43-19)25-27(35)30(38-40)26(28(36)29(25)37-39)24-8-4-20(44-24)10-18-2-6-22(42-18)16(13-33)14-34/h1-10,35,40H,36H2/b17-9-,18-10-,35-27?,38-30?. The van der Waals surface area contributed by atoms with E-state index in [-0.39, 0.29) is 28.3 Å². The van der Waals surface area contributed by atoms with Gasteiger partial charge in [0.05, 0.1) is 20.5 Å². The molecule has 0 saturated carbocycles. The van der Waals surface area contributed by atoms with Crippen molar-refractivity contribution in [1.29, 1.82) is 26.5 Å². The fourth-order valence-electron chi connectivity index (χ4n) is 4.24. The van der Waals surface area contributed by atoms with Gasteiger partial charge in [-0.2, -0.15) is 25.4 Å². The van der Waals surface area contributed by atoms with Gasteiger partial charge in [-0.1, -0.05) is 0 Å². The maximum Gasteiger partial charge on any atom is 0.146 e. The van der Waals surface area contributed by atoms with Crippen LogP contribution >= 0.6 is 58.2 Å². The normalized spacial score (nSPS) is 14.8. The van der Waals surface area contributed by atoms with Crippen molar-refractivity contribution < 1.29 is 0 Å². The van der Waals surface area contributed by atoms with Gasteiger partial charge in [0.1, 0.15) is 46.8 Å². The molecule has 0 unspecified atom stereocenters. The van der Waals surface area contributed by atoms with Crippen LogP contribution < -0.4 is 23.9 Å². The van der Waals surface area contributed by atoms with E-state index >= 15 is 0 Å². The predicted octanol–water partition coefficient (Wildman–Crippen LogP) is 4.12. The number of nitriles is 4. The lowest BCUT2D eigenvalue weighted by Gasteiger charge is -2.22. The molecule has 0 spiro atoms. The van der Waals surface area contributed by atoms with Crippen molar-refractivity contribution in [3.63, 3.8) is 0 Å². The van der Waals surface area contributed by atoms with E-state index in [9.17, 15) is 0 Å². The van der Waals surface area contributed by atoms with E-state index in [1.54, 1.807) is 12.1 Å². The molecule has 0 fully saturated rings. The Bertz CT molecular complexity index is 2370. The predicted molar refractivity (Wildman–Crippen MR) is 184 cm³/mol. The second-order valence-electron chi connectivity index (χ2n) is 8.72. The highest BCUT2D eigenvalue weighted by Gasteiger charge is 2.32. The Morgan fingerprint density at radius 3 is 1.66 bits per heavy atom. The lowest BCUT2D eigenvalue weighted by atomic mass is 9.88. The second-order valence-corrected chi connectivity index (χ2v) is 13.6. The number of nitrogens with one attached hydrogen (secondary N) is 1. The Hall–Kier alpha value is -4.77. The molecule has 3 N–H and O–H groups in total. The lowest BCUT2D eigenvalue weighted by molar-refractivity contribution is 1.28. The molecule has 1 aliphatic rings. The summed E-state index contributed by atoms with van der Waals surface area (Å²) in [4.78, 5) is 3.25. The Morgan fingerprint density at radius 2 is 1.23 bits per heavy atom. The van der Waals surface area contributed by atoms with E-state index < -0.39 is 0 Å². The molecule has 0 atom stereocenters. The van der Waals surface area contributed by atoms with E-state index in [4.69, 9.17) is 44.6 Å². The van der Waals surface area contributed by atoms with Crippen molar-refractivity contribution in [3.05, 3.63) is 97.6 Å². The molecule has 8 nitrogen and oxygen atoms in total. The average molecular weight is 679 g/mol. The molecule has 1 aliphatic carbocycles. The third-order valence-corrected chi connectivity index (χ3v) is 10.8. The summed E-state index contributed by atoms with van der Waals surface area (Å²) in [6.07, 6.45) is 3.88. The number of thiol groups is 1. The zero-order valence-corrected chi connectivity index (χ0v) is 27.0. The smallest absolute Gasteiger partial charge is 0.146 e. The molecular formula is C30H14N8S6. The summed E-state index contributed by atoms with van der Waals surface area (Å²) in [6, 6.07) is 22.4. The molecule has 0 saturated heterocycles. The van der Waals surface area contributed by atoms with E-state index in [0.717, 1.165) is 28.6 Å². The zero-order chi connectivity index (χ0) is 31.4. The molecule has 0 radical (unpaired) electrons. The van der Waals surface area contributed by atoms with Crippen molar-refractivity contribution in [2.75, 3.05) is 0 Å². The summed E-state index contributed by atoms with van der Waals surface area (Å²) in [5.74, 6) is 0. The minimum Gasteiger partial charge on any atom is -0.396 e. The molecule has 14 heteroatoms. The second kappa shape index (κ2) is 13.3. The van der Waals surface area contributed by atoms with E-state index in [1.165, 1.54) is 45.3 Å². The van der Waals surface area contributed by atoms with Crippen LogP contribution in [-0.4, -0.2) is 11.4 Å². The summed E-state index contributed by atoms with van der Waals surface area (Å²) in [5, 5.41) is 45.7. The fourth-order valence-corrected chi connectivity index (χ4v) is 8.62. The topological polar surface area (TPSA) is 170 Å². The van der Waals surface area contributed by atoms with E-state index in [1.807, 2.05) is 72.8 Å². The number of hydrogen-bond acceptors (Lipinski definition) is 14. The third-order valence-electron chi connectivity index (χ3n) is 6.19. The highest BCUT2D eigenvalue weighted by Crippen LogP contribution is 2.40. The quantitative estimate of drug-likeness (QED) is 0.212. The van der Waals surface area contributed by atoms with Crippen LogP contribution in [0.4, 0.5) is 0 Å². The van der Waals surface area contributed by atoms with Crippen LogP contribution in [0, 0.1) is 50.7 Å².